The quantitative estimate of drug-likeness (QED) is 0.769. The molecular formula is C22H23NO3. The molecule has 5 rings (SSSR count). The minimum Gasteiger partial charge on any atom is -0.497 e. The number of nitrogens with zero attached hydrogens (tertiary/aromatic N) is 1. The third-order valence-electron chi connectivity index (χ3n) is 6.44. The van der Waals surface area contributed by atoms with Crippen LogP contribution < -0.4 is 4.74 Å². The molecule has 1 aliphatic carbocycles. The Morgan fingerprint density at radius 3 is 2.77 bits per heavy atom. The van der Waals surface area contributed by atoms with E-state index < -0.39 is 11.0 Å². The van der Waals surface area contributed by atoms with Crippen molar-refractivity contribution in [2.24, 2.45) is 0 Å². The van der Waals surface area contributed by atoms with Crippen LogP contribution in [-0.4, -0.2) is 42.7 Å². The second kappa shape index (κ2) is 5.58. The zero-order chi connectivity index (χ0) is 17.8. The van der Waals surface area contributed by atoms with Gasteiger partial charge in [0.2, 0.25) is 0 Å². The largest absolute Gasteiger partial charge is 0.497 e. The molecule has 0 radical (unpaired) electrons. The van der Waals surface area contributed by atoms with Crippen LogP contribution in [0.2, 0.25) is 0 Å². The van der Waals surface area contributed by atoms with Crippen LogP contribution in [0.5, 0.6) is 5.75 Å². The first-order valence-corrected chi connectivity index (χ1v) is 9.40. The number of fused-ring (bicyclic) bond motifs is 4. The number of esters is 1. The summed E-state index contributed by atoms with van der Waals surface area (Å²) < 4.78 is 11.5. The summed E-state index contributed by atoms with van der Waals surface area (Å²) in [6, 6.07) is 8.12. The third kappa shape index (κ3) is 1.91. The first-order chi connectivity index (χ1) is 12.7. The van der Waals surface area contributed by atoms with Gasteiger partial charge in [0.15, 0.2) is 5.60 Å². The van der Waals surface area contributed by atoms with Crippen molar-refractivity contribution in [2.75, 3.05) is 20.2 Å². The monoisotopic (exact) mass is 349 g/mol. The van der Waals surface area contributed by atoms with Gasteiger partial charge in [-0.2, -0.15) is 0 Å². The van der Waals surface area contributed by atoms with Gasteiger partial charge in [0, 0.05) is 12.1 Å². The summed E-state index contributed by atoms with van der Waals surface area (Å²) in [5.41, 5.74) is 0.726. The van der Waals surface area contributed by atoms with E-state index in [4.69, 9.17) is 9.47 Å². The van der Waals surface area contributed by atoms with Crippen molar-refractivity contribution >= 4 is 5.97 Å². The normalized spacial score (nSPS) is 35.2. The highest BCUT2D eigenvalue weighted by Gasteiger charge is 2.69. The second-order valence-electron chi connectivity index (χ2n) is 7.62. The highest BCUT2D eigenvalue weighted by atomic mass is 16.6. The number of rotatable bonds is 2. The molecule has 3 atom stereocenters. The van der Waals surface area contributed by atoms with Crippen molar-refractivity contribution in [1.82, 2.24) is 4.90 Å². The average Bonchev–Trinajstić information content (AvgIpc) is 2.80. The Morgan fingerprint density at radius 2 is 2.00 bits per heavy atom. The van der Waals surface area contributed by atoms with Gasteiger partial charge in [0.05, 0.1) is 13.2 Å². The Hall–Kier alpha value is -2.33. The van der Waals surface area contributed by atoms with Crippen molar-refractivity contribution < 1.29 is 14.3 Å². The third-order valence-corrected chi connectivity index (χ3v) is 6.44. The summed E-state index contributed by atoms with van der Waals surface area (Å²) in [7, 11) is 1.65. The number of methoxy groups -OCH3 is 1. The van der Waals surface area contributed by atoms with Crippen LogP contribution in [0.3, 0.4) is 0 Å². The van der Waals surface area contributed by atoms with Gasteiger partial charge in [0.1, 0.15) is 11.2 Å². The molecule has 134 valence electrons. The molecule has 1 unspecified atom stereocenters. The van der Waals surface area contributed by atoms with Crippen LogP contribution in [0.15, 0.2) is 60.2 Å². The number of carbonyl (C=O) groups excluding carboxylic acids is 1. The van der Waals surface area contributed by atoms with Crippen molar-refractivity contribution in [3.8, 4) is 5.75 Å². The number of hydrogen-bond acceptors (Lipinski definition) is 4. The average molecular weight is 349 g/mol. The Bertz CT molecular complexity index is 837. The van der Waals surface area contributed by atoms with Gasteiger partial charge >= 0.3 is 5.97 Å². The number of allylic oxidation sites excluding steroid dienone is 4. The number of benzene rings is 1. The van der Waals surface area contributed by atoms with E-state index in [1.165, 1.54) is 12.8 Å². The summed E-state index contributed by atoms with van der Waals surface area (Å²) in [5, 5.41) is 0. The van der Waals surface area contributed by atoms with Crippen molar-refractivity contribution in [3.05, 3.63) is 65.8 Å². The Kier molecular flexibility index (Phi) is 3.41. The SMILES string of the molecule is COc1ccc([C@@]23C=CC=CC=C2[C@@]2(CN4CCCCC42)OC3=O)cc1. The van der Waals surface area contributed by atoms with Crippen LogP contribution in [0.25, 0.3) is 0 Å². The fourth-order valence-corrected chi connectivity index (χ4v) is 5.18. The molecule has 0 amide bonds. The molecule has 1 spiro atoms. The van der Waals surface area contributed by atoms with E-state index in [2.05, 4.69) is 11.0 Å². The number of ether oxygens (including phenoxy) is 2. The Balaban J connectivity index is 1.64. The fourth-order valence-electron chi connectivity index (χ4n) is 5.18. The Morgan fingerprint density at radius 1 is 1.15 bits per heavy atom. The van der Waals surface area contributed by atoms with Gasteiger partial charge in [-0.3, -0.25) is 9.69 Å². The maximum Gasteiger partial charge on any atom is 0.325 e. The molecule has 0 saturated carbocycles. The van der Waals surface area contributed by atoms with Gasteiger partial charge in [-0.1, -0.05) is 48.9 Å². The summed E-state index contributed by atoms with van der Waals surface area (Å²) in [5.74, 6) is 0.633. The maximum atomic E-state index is 13.3. The van der Waals surface area contributed by atoms with Crippen LogP contribution >= 0.6 is 0 Å². The molecule has 0 bridgehead atoms. The molecule has 3 aliphatic heterocycles. The molecule has 26 heavy (non-hydrogen) atoms. The summed E-state index contributed by atoms with van der Waals surface area (Å²) in [6.45, 7) is 1.92. The molecule has 1 aromatic rings. The minimum atomic E-state index is -0.834. The molecule has 3 saturated heterocycles. The predicted molar refractivity (Wildman–Crippen MR) is 99.1 cm³/mol. The summed E-state index contributed by atoms with van der Waals surface area (Å²) in [6.07, 6.45) is 13.6. The standard InChI is InChI=1S/C22H23NO3/c1-25-17-11-9-16(10-12-17)21-13-5-2-3-7-18(21)22(26-20(21)24)15-23-14-6-4-8-19(22)23/h2-3,5,7,9-13,19H,4,6,8,14-15H2,1H3/t19?,21-,22+/m0/s1. The second-order valence-corrected chi connectivity index (χ2v) is 7.62. The zero-order valence-corrected chi connectivity index (χ0v) is 15.0. The first-order valence-electron chi connectivity index (χ1n) is 9.40. The topological polar surface area (TPSA) is 38.8 Å². The van der Waals surface area contributed by atoms with Crippen LogP contribution in [-0.2, 0) is 14.9 Å². The van der Waals surface area contributed by atoms with E-state index in [0.29, 0.717) is 6.04 Å². The summed E-state index contributed by atoms with van der Waals surface area (Å²) in [4.78, 5) is 15.8. The van der Waals surface area contributed by atoms with Crippen molar-refractivity contribution in [3.63, 3.8) is 0 Å². The Labute approximate surface area is 153 Å². The molecular weight excluding hydrogens is 326 g/mol. The molecule has 4 heteroatoms. The zero-order valence-electron chi connectivity index (χ0n) is 15.0. The molecule has 3 heterocycles. The molecule has 0 aromatic heterocycles. The van der Waals surface area contributed by atoms with Gasteiger partial charge < -0.3 is 9.47 Å². The van der Waals surface area contributed by atoms with E-state index >= 15 is 0 Å². The molecule has 4 aliphatic rings. The highest BCUT2D eigenvalue weighted by molar-refractivity contribution is 5.95. The van der Waals surface area contributed by atoms with Gasteiger partial charge in [-0.05, 0) is 37.1 Å². The van der Waals surface area contributed by atoms with Gasteiger partial charge in [0.25, 0.3) is 0 Å². The predicted octanol–water partition coefficient (Wildman–Crippen LogP) is 3.15. The lowest BCUT2D eigenvalue weighted by Crippen LogP contribution is -2.71. The lowest BCUT2D eigenvalue weighted by atomic mass is 9.64. The van der Waals surface area contributed by atoms with E-state index in [1.54, 1.807) is 7.11 Å². The van der Waals surface area contributed by atoms with Crippen LogP contribution in [0.1, 0.15) is 24.8 Å². The number of hydrogen-bond donors (Lipinski definition) is 0. The molecule has 0 N–H and O–H groups in total. The van der Waals surface area contributed by atoms with Crippen molar-refractivity contribution in [1.29, 1.82) is 0 Å². The smallest absolute Gasteiger partial charge is 0.325 e. The lowest BCUT2D eigenvalue weighted by molar-refractivity contribution is -0.180. The highest BCUT2D eigenvalue weighted by Crippen LogP contribution is 2.57. The summed E-state index contributed by atoms with van der Waals surface area (Å²) >= 11 is 0. The number of carbonyl (C=O) groups is 1. The van der Waals surface area contributed by atoms with E-state index in [-0.39, 0.29) is 5.97 Å². The maximum absolute atomic E-state index is 13.3. The first kappa shape index (κ1) is 15.9. The van der Waals surface area contributed by atoms with Crippen molar-refractivity contribution in [2.45, 2.75) is 36.3 Å². The fraction of sp³-hybridized carbons (Fsp3) is 0.409. The van der Waals surface area contributed by atoms with Gasteiger partial charge in [-0.25, -0.2) is 0 Å². The van der Waals surface area contributed by atoms with E-state index in [0.717, 1.165) is 36.4 Å². The number of piperidine rings is 1. The molecule has 4 nitrogen and oxygen atoms in total. The molecule has 1 aromatic carbocycles. The van der Waals surface area contributed by atoms with E-state index in [1.807, 2.05) is 48.6 Å². The minimum absolute atomic E-state index is 0.154. The van der Waals surface area contributed by atoms with E-state index in [9.17, 15) is 4.79 Å². The van der Waals surface area contributed by atoms with Gasteiger partial charge in [-0.15, -0.1) is 0 Å². The van der Waals surface area contributed by atoms with Crippen LogP contribution in [0, 0.1) is 0 Å². The van der Waals surface area contributed by atoms with Crippen LogP contribution in [0.4, 0.5) is 0 Å². The molecule has 3 fully saturated rings. The lowest BCUT2D eigenvalue weighted by Gasteiger charge is -2.57.